The summed E-state index contributed by atoms with van der Waals surface area (Å²) in [6.45, 7) is 5.13. The highest BCUT2D eigenvalue weighted by Gasteiger charge is 2.17. The Morgan fingerprint density at radius 3 is 2.80 bits per heavy atom. The molecule has 0 bridgehead atoms. The van der Waals surface area contributed by atoms with Crippen LogP contribution in [0.2, 0.25) is 0 Å². The van der Waals surface area contributed by atoms with E-state index in [0.717, 1.165) is 31.2 Å². The molecule has 82 valence electrons. The molecule has 0 spiro atoms. The molecule has 1 aromatic rings. The first-order valence-corrected chi connectivity index (χ1v) is 5.67. The van der Waals surface area contributed by atoms with E-state index in [1.54, 1.807) is 0 Å². The maximum Gasteiger partial charge on any atom is 0.0399 e. The Hall–Kier alpha value is -1.09. The van der Waals surface area contributed by atoms with E-state index in [0.29, 0.717) is 0 Å². The van der Waals surface area contributed by atoms with Crippen molar-refractivity contribution in [3.05, 3.63) is 24.0 Å². The number of nitrogens with zero attached hydrogens (tertiary/aromatic N) is 2. The minimum Gasteiger partial charge on any atom is -0.371 e. The van der Waals surface area contributed by atoms with Crippen LogP contribution in [-0.4, -0.2) is 24.6 Å². The summed E-state index contributed by atoms with van der Waals surface area (Å²) in [5.74, 6) is 0.726. The molecule has 3 nitrogen and oxygen atoms in total. The maximum absolute atomic E-state index is 5.68. The fraction of sp³-hybridized carbons (Fsp3) is 0.583. The third-order valence-electron chi connectivity index (χ3n) is 3.19. The van der Waals surface area contributed by atoms with Crippen LogP contribution in [0.1, 0.15) is 18.5 Å². The predicted octanol–water partition coefficient (Wildman–Crippen LogP) is 1.57. The number of aromatic nitrogens is 1. The summed E-state index contributed by atoms with van der Waals surface area (Å²) >= 11 is 0. The number of piperidine rings is 1. The van der Waals surface area contributed by atoms with E-state index in [1.165, 1.54) is 18.5 Å². The van der Waals surface area contributed by atoms with Crippen molar-refractivity contribution >= 4 is 5.69 Å². The number of rotatable bonds is 2. The molecule has 15 heavy (non-hydrogen) atoms. The monoisotopic (exact) mass is 205 g/mol. The lowest BCUT2D eigenvalue weighted by Crippen LogP contribution is -2.36. The van der Waals surface area contributed by atoms with Crippen molar-refractivity contribution < 1.29 is 0 Å². The number of pyridine rings is 1. The van der Waals surface area contributed by atoms with Gasteiger partial charge in [-0.1, -0.05) is 0 Å². The summed E-state index contributed by atoms with van der Waals surface area (Å²) < 4.78 is 0. The maximum atomic E-state index is 5.68. The Labute approximate surface area is 91.3 Å². The number of hydrogen-bond donors (Lipinski definition) is 1. The van der Waals surface area contributed by atoms with Crippen LogP contribution < -0.4 is 10.6 Å². The lowest BCUT2D eigenvalue weighted by Gasteiger charge is -2.33. The van der Waals surface area contributed by atoms with E-state index in [2.05, 4.69) is 22.0 Å². The number of nitrogens with two attached hydrogens (primary N) is 1. The molecule has 1 aliphatic heterocycles. The third kappa shape index (κ3) is 2.48. The van der Waals surface area contributed by atoms with E-state index >= 15 is 0 Å². The van der Waals surface area contributed by atoms with Crippen LogP contribution in [0.25, 0.3) is 0 Å². The number of anilines is 1. The first-order valence-electron chi connectivity index (χ1n) is 5.67. The molecule has 0 radical (unpaired) electrons. The Balaban J connectivity index is 2.01. The normalized spacial score (nSPS) is 18.1. The van der Waals surface area contributed by atoms with Crippen molar-refractivity contribution in [2.75, 3.05) is 24.5 Å². The van der Waals surface area contributed by atoms with Crippen LogP contribution >= 0.6 is 0 Å². The highest BCUT2D eigenvalue weighted by Crippen LogP contribution is 2.22. The minimum absolute atomic E-state index is 0.726. The van der Waals surface area contributed by atoms with Gasteiger partial charge in [-0.25, -0.2) is 0 Å². The molecule has 1 aromatic heterocycles. The Morgan fingerprint density at radius 2 is 2.20 bits per heavy atom. The highest BCUT2D eigenvalue weighted by atomic mass is 15.1. The second-order valence-electron chi connectivity index (χ2n) is 4.32. The molecule has 2 heterocycles. The summed E-state index contributed by atoms with van der Waals surface area (Å²) in [5, 5.41) is 0. The van der Waals surface area contributed by atoms with Gasteiger partial charge in [0.15, 0.2) is 0 Å². The van der Waals surface area contributed by atoms with Crippen LogP contribution in [0, 0.1) is 12.8 Å². The predicted molar refractivity (Wildman–Crippen MR) is 63.0 cm³/mol. The molecule has 0 amide bonds. The first-order chi connectivity index (χ1) is 7.29. The van der Waals surface area contributed by atoms with Gasteiger partial charge < -0.3 is 10.6 Å². The average molecular weight is 205 g/mol. The Morgan fingerprint density at radius 1 is 1.47 bits per heavy atom. The lowest BCUT2D eigenvalue weighted by atomic mass is 9.97. The van der Waals surface area contributed by atoms with Gasteiger partial charge in [0.05, 0.1) is 0 Å². The smallest absolute Gasteiger partial charge is 0.0399 e. The molecule has 0 aromatic carbocycles. The van der Waals surface area contributed by atoms with Crippen molar-refractivity contribution in [3.63, 3.8) is 0 Å². The Kier molecular flexibility index (Phi) is 3.21. The second-order valence-corrected chi connectivity index (χ2v) is 4.32. The van der Waals surface area contributed by atoms with E-state index in [1.807, 2.05) is 13.1 Å². The van der Waals surface area contributed by atoms with Gasteiger partial charge in [-0.15, -0.1) is 0 Å². The molecule has 0 unspecified atom stereocenters. The number of aryl methyl sites for hydroxylation is 1. The largest absolute Gasteiger partial charge is 0.371 e. The molecule has 2 rings (SSSR count). The van der Waals surface area contributed by atoms with Gasteiger partial charge in [0.25, 0.3) is 0 Å². The quantitative estimate of drug-likeness (QED) is 0.796. The van der Waals surface area contributed by atoms with Gasteiger partial charge in [-0.05, 0) is 44.4 Å². The van der Waals surface area contributed by atoms with Crippen LogP contribution in [0.5, 0.6) is 0 Å². The molecule has 2 N–H and O–H groups in total. The number of hydrogen-bond acceptors (Lipinski definition) is 3. The SMILES string of the molecule is Cc1cc(N2CCC(CN)CC2)ccn1. The van der Waals surface area contributed by atoms with Crippen LogP contribution in [-0.2, 0) is 0 Å². The standard InChI is InChI=1S/C12H19N3/c1-10-8-12(2-5-14-10)15-6-3-11(9-13)4-7-15/h2,5,8,11H,3-4,6-7,9,13H2,1H3. The fourth-order valence-electron chi connectivity index (χ4n) is 2.15. The van der Waals surface area contributed by atoms with E-state index in [4.69, 9.17) is 5.73 Å². The minimum atomic E-state index is 0.726. The lowest BCUT2D eigenvalue weighted by molar-refractivity contribution is 0.414. The van der Waals surface area contributed by atoms with Crippen molar-refractivity contribution in [2.45, 2.75) is 19.8 Å². The average Bonchev–Trinajstić information content (AvgIpc) is 2.29. The van der Waals surface area contributed by atoms with Crippen molar-refractivity contribution in [1.82, 2.24) is 4.98 Å². The Bertz CT molecular complexity index is 316. The molecule has 0 aliphatic carbocycles. The van der Waals surface area contributed by atoms with Crippen molar-refractivity contribution in [1.29, 1.82) is 0 Å². The molecule has 0 atom stereocenters. The van der Waals surface area contributed by atoms with Crippen LogP contribution in [0.15, 0.2) is 18.3 Å². The third-order valence-corrected chi connectivity index (χ3v) is 3.19. The van der Waals surface area contributed by atoms with E-state index in [-0.39, 0.29) is 0 Å². The van der Waals surface area contributed by atoms with Gasteiger partial charge in [-0.3, -0.25) is 4.98 Å². The van der Waals surface area contributed by atoms with Gasteiger partial charge in [0.1, 0.15) is 0 Å². The topological polar surface area (TPSA) is 42.1 Å². The molecule has 1 fully saturated rings. The van der Waals surface area contributed by atoms with Gasteiger partial charge in [-0.2, -0.15) is 0 Å². The molecule has 1 aliphatic rings. The summed E-state index contributed by atoms with van der Waals surface area (Å²) in [7, 11) is 0. The van der Waals surface area contributed by atoms with Gasteiger partial charge >= 0.3 is 0 Å². The highest BCUT2D eigenvalue weighted by molar-refractivity contribution is 5.46. The van der Waals surface area contributed by atoms with Crippen molar-refractivity contribution in [3.8, 4) is 0 Å². The fourth-order valence-corrected chi connectivity index (χ4v) is 2.15. The summed E-state index contributed by atoms with van der Waals surface area (Å²) in [5.41, 5.74) is 8.08. The van der Waals surface area contributed by atoms with Crippen LogP contribution in [0.4, 0.5) is 5.69 Å². The summed E-state index contributed by atoms with van der Waals surface area (Å²) in [6.07, 6.45) is 4.33. The van der Waals surface area contributed by atoms with Crippen molar-refractivity contribution in [2.24, 2.45) is 11.7 Å². The summed E-state index contributed by atoms with van der Waals surface area (Å²) in [6, 6.07) is 4.25. The second kappa shape index (κ2) is 4.62. The van der Waals surface area contributed by atoms with Gasteiger partial charge in [0, 0.05) is 30.7 Å². The molecular weight excluding hydrogens is 186 g/mol. The van der Waals surface area contributed by atoms with Crippen LogP contribution in [0.3, 0.4) is 0 Å². The van der Waals surface area contributed by atoms with Gasteiger partial charge in [0.2, 0.25) is 0 Å². The zero-order valence-corrected chi connectivity index (χ0v) is 9.32. The molecular formula is C12H19N3. The molecule has 1 saturated heterocycles. The summed E-state index contributed by atoms with van der Waals surface area (Å²) in [4.78, 5) is 6.65. The zero-order valence-electron chi connectivity index (χ0n) is 9.32. The molecule has 3 heteroatoms. The van der Waals surface area contributed by atoms with E-state index in [9.17, 15) is 0 Å². The first kappa shape index (κ1) is 10.4. The molecule has 0 saturated carbocycles. The van der Waals surface area contributed by atoms with E-state index < -0.39 is 0 Å². The zero-order chi connectivity index (χ0) is 10.7.